The van der Waals surface area contributed by atoms with Crippen molar-refractivity contribution in [3.8, 4) is 0 Å². The summed E-state index contributed by atoms with van der Waals surface area (Å²) in [4.78, 5) is 23.7. The van der Waals surface area contributed by atoms with Gasteiger partial charge in [0.15, 0.2) is 0 Å². The fourth-order valence-electron chi connectivity index (χ4n) is 2.94. The maximum atomic E-state index is 11.3. The van der Waals surface area contributed by atoms with Gasteiger partial charge in [-0.3, -0.25) is 10.1 Å². The molecule has 1 fully saturated rings. The van der Waals surface area contributed by atoms with Crippen molar-refractivity contribution in [3.05, 3.63) is 33.9 Å². The number of nitrogens with zero attached hydrogens (tertiary/aromatic N) is 2. The van der Waals surface area contributed by atoms with Gasteiger partial charge in [0.25, 0.3) is 5.69 Å². The third kappa shape index (κ3) is 2.89. The van der Waals surface area contributed by atoms with Gasteiger partial charge in [-0.1, -0.05) is 13.8 Å². The number of anilines is 1. The van der Waals surface area contributed by atoms with E-state index in [2.05, 4.69) is 13.8 Å². The highest BCUT2D eigenvalue weighted by Gasteiger charge is 2.26. The number of nitro benzene ring substituents is 1. The van der Waals surface area contributed by atoms with Gasteiger partial charge in [0.2, 0.25) is 0 Å². The second-order valence-electron chi connectivity index (χ2n) is 5.61. The number of nitro groups is 1. The lowest BCUT2D eigenvalue weighted by Gasteiger charge is -2.37. The minimum Gasteiger partial charge on any atom is -0.478 e. The lowest BCUT2D eigenvalue weighted by molar-refractivity contribution is -0.384. The Morgan fingerprint density at radius 2 is 1.95 bits per heavy atom. The van der Waals surface area contributed by atoms with Gasteiger partial charge >= 0.3 is 5.97 Å². The highest BCUT2D eigenvalue weighted by Crippen LogP contribution is 2.31. The molecular weight excluding hydrogens is 260 g/mol. The van der Waals surface area contributed by atoms with Gasteiger partial charge in [-0.2, -0.15) is 0 Å². The van der Waals surface area contributed by atoms with Gasteiger partial charge in [-0.25, -0.2) is 4.79 Å². The summed E-state index contributed by atoms with van der Waals surface area (Å²) < 4.78 is 0. The average molecular weight is 278 g/mol. The molecule has 0 bridgehead atoms. The smallest absolute Gasteiger partial charge is 0.337 e. The molecule has 2 unspecified atom stereocenters. The van der Waals surface area contributed by atoms with Crippen LogP contribution in [0.25, 0.3) is 0 Å². The van der Waals surface area contributed by atoms with Crippen LogP contribution in [0.4, 0.5) is 11.4 Å². The van der Waals surface area contributed by atoms with Crippen molar-refractivity contribution >= 4 is 17.3 Å². The van der Waals surface area contributed by atoms with Gasteiger partial charge in [-0.15, -0.1) is 0 Å². The van der Waals surface area contributed by atoms with Gasteiger partial charge < -0.3 is 10.0 Å². The summed E-state index contributed by atoms with van der Waals surface area (Å²) >= 11 is 0. The van der Waals surface area contributed by atoms with E-state index in [0.717, 1.165) is 19.5 Å². The fraction of sp³-hybridized carbons (Fsp3) is 0.500. The molecule has 0 aliphatic carbocycles. The Bertz CT molecular complexity index is 534. The molecule has 0 spiro atoms. The van der Waals surface area contributed by atoms with E-state index in [-0.39, 0.29) is 11.3 Å². The van der Waals surface area contributed by atoms with Crippen LogP contribution in [0.1, 0.15) is 30.6 Å². The summed E-state index contributed by atoms with van der Waals surface area (Å²) in [5.74, 6) is -0.167. The number of carbonyl (C=O) groups is 1. The Kier molecular flexibility index (Phi) is 3.92. The Labute approximate surface area is 117 Å². The number of aromatic carboxylic acids is 1. The second kappa shape index (κ2) is 5.48. The third-order valence-electron chi connectivity index (χ3n) is 3.63. The average Bonchev–Trinajstić information content (AvgIpc) is 2.36. The molecule has 0 amide bonds. The summed E-state index contributed by atoms with van der Waals surface area (Å²) in [6.07, 6.45) is 1.09. The van der Waals surface area contributed by atoms with Crippen molar-refractivity contribution < 1.29 is 14.8 Å². The SMILES string of the molecule is CC1CC(C)CN(c2cc([N+](=O)[O-])ccc2C(=O)O)C1. The molecule has 0 radical (unpaired) electrons. The quantitative estimate of drug-likeness (QED) is 0.679. The largest absolute Gasteiger partial charge is 0.478 e. The normalized spacial score (nSPS) is 22.6. The highest BCUT2D eigenvalue weighted by molar-refractivity contribution is 5.95. The second-order valence-corrected chi connectivity index (χ2v) is 5.61. The van der Waals surface area contributed by atoms with Crippen LogP contribution in [0.2, 0.25) is 0 Å². The highest BCUT2D eigenvalue weighted by atomic mass is 16.6. The Morgan fingerprint density at radius 3 is 2.45 bits per heavy atom. The number of hydrogen-bond donors (Lipinski definition) is 1. The van der Waals surface area contributed by atoms with Crippen molar-refractivity contribution in [1.29, 1.82) is 0 Å². The van der Waals surface area contributed by atoms with Crippen molar-refractivity contribution in [2.45, 2.75) is 20.3 Å². The molecule has 20 heavy (non-hydrogen) atoms. The Morgan fingerprint density at radius 1 is 1.35 bits per heavy atom. The molecule has 2 rings (SSSR count). The number of carboxylic acid groups (broad SMARTS) is 1. The number of carboxylic acids is 1. The van der Waals surface area contributed by atoms with Crippen LogP contribution in [0.15, 0.2) is 18.2 Å². The van der Waals surface area contributed by atoms with Crippen LogP contribution >= 0.6 is 0 Å². The minimum atomic E-state index is -1.05. The summed E-state index contributed by atoms with van der Waals surface area (Å²) in [7, 11) is 0. The molecule has 0 saturated carbocycles. The molecular formula is C14H18N2O4. The van der Waals surface area contributed by atoms with Crippen LogP contribution in [0.3, 0.4) is 0 Å². The zero-order valence-corrected chi connectivity index (χ0v) is 11.6. The zero-order chi connectivity index (χ0) is 14.9. The number of benzene rings is 1. The summed E-state index contributed by atoms with van der Waals surface area (Å²) in [5.41, 5.74) is 0.498. The van der Waals surface area contributed by atoms with Crippen LogP contribution in [0, 0.1) is 22.0 Å². The van der Waals surface area contributed by atoms with Crippen molar-refractivity contribution in [2.75, 3.05) is 18.0 Å². The molecule has 0 aromatic heterocycles. The Hall–Kier alpha value is -2.11. The van der Waals surface area contributed by atoms with Crippen molar-refractivity contribution in [3.63, 3.8) is 0 Å². The molecule has 108 valence electrons. The van der Waals surface area contributed by atoms with E-state index in [1.807, 2.05) is 4.90 Å². The van der Waals surface area contributed by atoms with E-state index in [9.17, 15) is 20.0 Å². The van der Waals surface area contributed by atoms with E-state index in [0.29, 0.717) is 17.5 Å². The fourth-order valence-corrected chi connectivity index (χ4v) is 2.94. The topological polar surface area (TPSA) is 83.7 Å². The van der Waals surface area contributed by atoms with E-state index < -0.39 is 10.9 Å². The molecule has 1 heterocycles. The van der Waals surface area contributed by atoms with Crippen LogP contribution in [0.5, 0.6) is 0 Å². The zero-order valence-electron chi connectivity index (χ0n) is 11.6. The molecule has 1 saturated heterocycles. The number of hydrogen-bond acceptors (Lipinski definition) is 4. The monoisotopic (exact) mass is 278 g/mol. The number of piperidine rings is 1. The molecule has 6 nitrogen and oxygen atoms in total. The predicted octanol–water partition coefficient (Wildman–Crippen LogP) is 2.78. The lowest BCUT2D eigenvalue weighted by atomic mass is 9.91. The number of rotatable bonds is 3. The van der Waals surface area contributed by atoms with Gasteiger partial charge in [0, 0.05) is 25.2 Å². The Balaban J connectivity index is 2.43. The number of non-ortho nitro benzene ring substituents is 1. The van der Waals surface area contributed by atoms with Gasteiger partial charge in [0.1, 0.15) is 0 Å². The molecule has 2 atom stereocenters. The molecule has 6 heteroatoms. The maximum absolute atomic E-state index is 11.3. The maximum Gasteiger partial charge on any atom is 0.337 e. The van der Waals surface area contributed by atoms with E-state index >= 15 is 0 Å². The molecule has 1 aliphatic heterocycles. The predicted molar refractivity (Wildman–Crippen MR) is 75.2 cm³/mol. The van der Waals surface area contributed by atoms with Crippen molar-refractivity contribution in [1.82, 2.24) is 0 Å². The van der Waals surface area contributed by atoms with Crippen LogP contribution in [-0.2, 0) is 0 Å². The minimum absolute atomic E-state index is 0.0733. The lowest BCUT2D eigenvalue weighted by Crippen LogP contribution is -2.39. The van der Waals surface area contributed by atoms with Crippen LogP contribution < -0.4 is 4.90 Å². The molecule has 1 aromatic carbocycles. The van der Waals surface area contributed by atoms with E-state index in [1.165, 1.54) is 18.2 Å². The standard InChI is InChI=1S/C14H18N2O4/c1-9-5-10(2)8-15(7-9)13-6-11(16(19)20)3-4-12(13)14(17)18/h3-4,6,9-10H,5,7-8H2,1-2H3,(H,17,18). The van der Waals surface area contributed by atoms with Crippen LogP contribution in [-0.4, -0.2) is 29.1 Å². The van der Waals surface area contributed by atoms with E-state index in [4.69, 9.17) is 0 Å². The first kappa shape index (κ1) is 14.3. The summed E-state index contributed by atoms with van der Waals surface area (Å²) in [6.45, 7) is 5.68. The first-order valence-electron chi connectivity index (χ1n) is 6.65. The molecule has 1 N–H and O–H groups in total. The summed E-state index contributed by atoms with van der Waals surface area (Å²) in [6, 6.07) is 3.93. The first-order chi connectivity index (χ1) is 9.38. The van der Waals surface area contributed by atoms with Gasteiger partial charge in [-0.05, 0) is 24.3 Å². The third-order valence-corrected chi connectivity index (χ3v) is 3.63. The summed E-state index contributed by atoms with van der Waals surface area (Å²) in [5, 5.41) is 20.1. The van der Waals surface area contributed by atoms with Crippen molar-refractivity contribution in [2.24, 2.45) is 11.8 Å². The van der Waals surface area contributed by atoms with E-state index in [1.54, 1.807) is 0 Å². The van der Waals surface area contributed by atoms with Gasteiger partial charge in [0.05, 0.1) is 16.2 Å². The molecule has 1 aliphatic rings. The molecule has 1 aromatic rings. The first-order valence-corrected chi connectivity index (χ1v) is 6.65.